The fourth-order valence-corrected chi connectivity index (χ4v) is 2.07. The first kappa shape index (κ1) is 14.4. The van der Waals surface area contributed by atoms with Crippen molar-refractivity contribution in [3.8, 4) is 5.75 Å². The van der Waals surface area contributed by atoms with E-state index < -0.39 is 5.79 Å². The summed E-state index contributed by atoms with van der Waals surface area (Å²) in [6, 6.07) is 6.91. The van der Waals surface area contributed by atoms with E-state index in [-0.39, 0.29) is 11.5 Å². The summed E-state index contributed by atoms with van der Waals surface area (Å²) in [6.45, 7) is 0. The lowest BCUT2D eigenvalue weighted by Gasteiger charge is -2.32. The Morgan fingerprint density at radius 2 is 1.65 bits per heavy atom. The SMILES string of the molecule is COC1(OC)CC(C=Cc2ccc(O)cc2)=CC=C1O. The minimum atomic E-state index is -1.11. The zero-order valence-corrected chi connectivity index (χ0v) is 11.5. The van der Waals surface area contributed by atoms with Crippen molar-refractivity contribution >= 4 is 6.08 Å². The van der Waals surface area contributed by atoms with Crippen LogP contribution in [0.25, 0.3) is 6.08 Å². The number of hydrogen-bond donors (Lipinski definition) is 2. The number of phenolic OH excluding ortho intramolecular Hbond substituents is 1. The first-order valence-corrected chi connectivity index (χ1v) is 6.27. The van der Waals surface area contributed by atoms with Gasteiger partial charge in [-0.3, -0.25) is 0 Å². The van der Waals surface area contributed by atoms with Crippen LogP contribution in [0, 0.1) is 0 Å². The van der Waals surface area contributed by atoms with E-state index in [1.807, 2.05) is 30.4 Å². The van der Waals surface area contributed by atoms with Crippen LogP contribution in [0.4, 0.5) is 0 Å². The normalized spacial score (nSPS) is 17.9. The van der Waals surface area contributed by atoms with Crippen LogP contribution in [-0.2, 0) is 9.47 Å². The number of aliphatic hydroxyl groups excluding tert-OH is 1. The molecule has 1 aromatic carbocycles. The van der Waals surface area contributed by atoms with Crippen LogP contribution in [0.15, 0.2) is 53.8 Å². The van der Waals surface area contributed by atoms with Crippen molar-refractivity contribution in [2.45, 2.75) is 12.2 Å². The van der Waals surface area contributed by atoms with Crippen LogP contribution in [0.3, 0.4) is 0 Å². The maximum absolute atomic E-state index is 9.87. The summed E-state index contributed by atoms with van der Waals surface area (Å²) in [5.41, 5.74) is 1.95. The molecule has 1 aliphatic rings. The number of aliphatic hydroxyl groups is 1. The molecule has 0 atom stereocenters. The molecule has 20 heavy (non-hydrogen) atoms. The molecule has 0 aliphatic heterocycles. The van der Waals surface area contributed by atoms with Gasteiger partial charge in [-0.25, -0.2) is 0 Å². The van der Waals surface area contributed by atoms with Crippen molar-refractivity contribution in [2.75, 3.05) is 14.2 Å². The molecule has 0 radical (unpaired) electrons. The van der Waals surface area contributed by atoms with Crippen LogP contribution in [0.2, 0.25) is 0 Å². The predicted octanol–water partition coefficient (Wildman–Crippen LogP) is 3.17. The Morgan fingerprint density at radius 3 is 2.25 bits per heavy atom. The minimum absolute atomic E-state index is 0.0595. The number of aromatic hydroxyl groups is 1. The molecule has 0 saturated carbocycles. The van der Waals surface area contributed by atoms with E-state index in [4.69, 9.17) is 9.47 Å². The van der Waals surface area contributed by atoms with Gasteiger partial charge < -0.3 is 19.7 Å². The molecule has 0 unspecified atom stereocenters. The topological polar surface area (TPSA) is 58.9 Å². The monoisotopic (exact) mass is 274 g/mol. The van der Waals surface area contributed by atoms with E-state index in [1.54, 1.807) is 18.2 Å². The fourth-order valence-electron chi connectivity index (χ4n) is 2.07. The highest BCUT2D eigenvalue weighted by Crippen LogP contribution is 2.32. The molecule has 1 aromatic rings. The number of rotatable bonds is 4. The number of benzene rings is 1. The summed E-state index contributed by atoms with van der Waals surface area (Å²) in [7, 11) is 3.00. The molecule has 0 fully saturated rings. The summed E-state index contributed by atoms with van der Waals surface area (Å²) in [6.07, 6.45) is 7.69. The highest BCUT2D eigenvalue weighted by atomic mass is 16.7. The van der Waals surface area contributed by atoms with Gasteiger partial charge in [-0.05, 0) is 29.3 Å². The summed E-state index contributed by atoms with van der Waals surface area (Å²) in [5, 5.41) is 19.1. The third-order valence-corrected chi connectivity index (χ3v) is 3.32. The maximum atomic E-state index is 9.87. The van der Waals surface area contributed by atoms with Crippen molar-refractivity contribution in [3.05, 3.63) is 59.4 Å². The maximum Gasteiger partial charge on any atom is 0.231 e. The molecular weight excluding hydrogens is 256 g/mol. The van der Waals surface area contributed by atoms with Gasteiger partial charge in [0.15, 0.2) is 5.76 Å². The van der Waals surface area contributed by atoms with Gasteiger partial charge in [0.05, 0.1) is 0 Å². The number of allylic oxidation sites excluding steroid dienone is 3. The van der Waals surface area contributed by atoms with Crippen LogP contribution >= 0.6 is 0 Å². The lowest BCUT2D eigenvalue weighted by Crippen LogP contribution is -2.37. The highest BCUT2D eigenvalue weighted by Gasteiger charge is 2.37. The first-order chi connectivity index (χ1) is 9.59. The molecule has 0 saturated heterocycles. The van der Waals surface area contributed by atoms with E-state index in [9.17, 15) is 10.2 Å². The molecule has 2 rings (SSSR count). The van der Waals surface area contributed by atoms with Crippen molar-refractivity contribution < 1.29 is 19.7 Å². The summed E-state index contributed by atoms with van der Waals surface area (Å²) in [5.74, 6) is -0.808. The largest absolute Gasteiger partial charge is 0.508 e. The van der Waals surface area contributed by atoms with Crippen molar-refractivity contribution in [1.29, 1.82) is 0 Å². The molecule has 4 nitrogen and oxygen atoms in total. The molecule has 0 aromatic heterocycles. The Bertz CT molecular complexity index is 548. The summed E-state index contributed by atoms with van der Waals surface area (Å²) in [4.78, 5) is 0. The molecule has 0 spiro atoms. The van der Waals surface area contributed by atoms with Crippen LogP contribution < -0.4 is 0 Å². The van der Waals surface area contributed by atoms with Crippen LogP contribution in [0.5, 0.6) is 5.75 Å². The molecular formula is C16H18O4. The average Bonchev–Trinajstić information content (AvgIpc) is 2.48. The predicted molar refractivity (Wildman–Crippen MR) is 77.3 cm³/mol. The second-order valence-electron chi connectivity index (χ2n) is 4.56. The summed E-state index contributed by atoms with van der Waals surface area (Å²) < 4.78 is 10.6. The molecule has 4 heteroatoms. The van der Waals surface area contributed by atoms with Gasteiger partial charge in [0.25, 0.3) is 0 Å². The van der Waals surface area contributed by atoms with Gasteiger partial charge in [-0.2, -0.15) is 0 Å². The van der Waals surface area contributed by atoms with Gasteiger partial charge in [-0.1, -0.05) is 30.4 Å². The zero-order chi connectivity index (χ0) is 14.6. The molecule has 2 N–H and O–H groups in total. The van der Waals surface area contributed by atoms with E-state index >= 15 is 0 Å². The Balaban J connectivity index is 2.16. The van der Waals surface area contributed by atoms with Crippen LogP contribution in [-0.4, -0.2) is 30.2 Å². The molecule has 106 valence electrons. The Kier molecular flexibility index (Phi) is 4.27. The first-order valence-electron chi connectivity index (χ1n) is 6.27. The van der Waals surface area contributed by atoms with Crippen LogP contribution in [0.1, 0.15) is 12.0 Å². The fraction of sp³-hybridized carbons (Fsp3) is 0.250. The molecule has 0 amide bonds. The minimum Gasteiger partial charge on any atom is -0.508 e. The Labute approximate surface area is 118 Å². The second-order valence-corrected chi connectivity index (χ2v) is 4.56. The molecule has 0 heterocycles. The Morgan fingerprint density at radius 1 is 1.00 bits per heavy atom. The van der Waals surface area contributed by atoms with Gasteiger partial charge in [0.1, 0.15) is 5.75 Å². The third kappa shape index (κ3) is 2.92. The number of methoxy groups -OCH3 is 2. The molecule has 1 aliphatic carbocycles. The van der Waals surface area contributed by atoms with Crippen molar-refractivity contribution in [3.63, 3.8) is 0 Å². The number of phenols is 1. The van der Waals surface area contributed by atoms with Gasteiger partial charge in [-0.15, -0.1) is 0 Å². The average molecular weight is 274 g/mol. The lowest BCUT2D eigenvalue weighted by molar-refractivity contribution is -0.196. The smallest absolute Gasteiger partial charge is 0.231 e. The van der Waals surface area contributed by atoms with Gasteiger partial charge in [0.2, 0.25) is 5.79 Å². The number of ether oxygens (including phenoxy) is 2. The second kappa shape index (κ2) is 5.94. The van der Waals surface area contributed by atoms with E-state index in [1.165, 1.54) is 14.2 Å². The number of hydrogen-bond acceptors (Lipinski definition) is 4. The highest BCUT2D eigenvalue weighted by molar-refractivity contribution is 5.55. The lowest BCUT2D eigenvalue weighted by atomic mass is 9.96. The summed E-state index contributed by atoms with van der Waals surface area (Å²) >= 11 is 0. The van der Waals surface area contributed by atoms with E-state index in [0.29, 0.717) is 6.42 Å². The standard InChI is InChI=1S/C16H18O4/c1-19-16(20-2)11-13(7-10-15(16)18)4-3-12-5-8-14(17)9-6-12/h3-10,17-18H,11H2,1-2H3. The van der Waals surface area contributed by atoms with Crippen molar-refractivity contribution in [2.24, 2.45) is 0 Å². The van der Waals surface area contributed by atoms with E-state index in [0.717, 1.165) is 11.1 Å². The third-order valence-electron chi connectivity index (χ3n) is 3.32. The van der Waals surface area contributed by atoms with Crippen molar-refractivity contribution in [1.82, 2.24) is 0 Å². The van der Waals surface area contributed by atoms with Gasteiger partial charge >= 0.3 is 0 Å². The zero-order valence-electron chi connectivity index (χ0n) is 11.5. The Hall–Kier alpha value is -2.04. The quantitative estimate of drug-likeness (QED) is 0.828. The van der Waals surface area contributed by atoms with Gasteiger partial charge in [0, 0.05) is 20.6 Å². The molecule has 0 bridgehead atoms. The van der Waals surface area contributed by atoms with E-state index in [2.05, 4.69) is 0 Å².